The summed E-state index contributed by atoms with van der Waals surface area (Å²) in [7, 11) is 0. The Hall–Kier alpha value is -3.05. The van der Waals surface area contributed by atoms with Crippen molar-refractivity contribution < 1.29 is 4.79 Å². The van der Waals surface area contributed by atoms with E-state index in [1.165, 1.54) is 6.92 Å². The van der Waals surface area contributed by atoms with Gasteiger partial charge in [-0.05, 0) is 66.5 Å². The van der Waals surface area contributed by atoms with Crippen LogP contribution in [-0.4, -0.2) is 25.0 Å². The zero-order valence-electron chi connectivity index (χ0n) is 16.3. The van der Waals surface area contributed by atoms with Crippen LogP contribution in [0.25, 0.3) is 23.4 Å². The molecule has 1 aliphatic rings. The molecule has 2 aromatic rings. The summed E-state index contributed by atoms with van der Waals surface area (Å²) in [6, 6.07) is 12.5. The summed E-state index contributed by atoms with van der Waals surface area (Å²) >= 11 is 0. The molecule has 0 aliphatic carbocycles. The zero-order chi connectivity index (χ0) is 19.9. The normalized spacial score (nSPS) is 16.0. The maximum absolute atomic E-state index is 11.2. The highest BCUT2D eigenvalue weighted by Crippen LogP contribution is 2.22. The molecule has 1 fully saturated rings. The van der Waals surface area contributed by atoms with Crippen LogP contribution in [0.2, 0.25) is 0 Å². The van der Waals surface area contributed by atoms with E-state index in [0.29, 0.717) is 6.04 Å². The summed E-state index contributed by atoms with van der Waals surface area (Å²) in [5.74, 6) is -0.0769. The Morgan fingerprint density at radius 3 is 2.50 bits per heavy atom. The van der Waals surface area contributed by atoms with Crippen molar-refractivity contribution in [1.82, 2.24) is 5.32 Å². The smallest absolute Gasteiger partial charge is 0.221 e. The summed E-state index contributed by atoms with van der Waals surface area (Å²) < 4.78 is 0. The van der Waals surface area contributed by atoms with Gasteiger partial charge in [-0.2, -0.15) is 0 Å². The van der Waals surface area contributed by atoms with Crippen molar-refractivity contribution in [2.24, 2.45) is 5.73 Å². The predicted octanol–water partition coefficient (Wildman–Crippen LogP) is 2.14. The third-order valence-corrected chi connectivity index (χ3v) is 4.91. The van der Waals surface area contributed by atoms with Crippen molar-refractivity contribution in [2.45, 2.75) is 25.8 Å². The van der Waals surface area contributed by atoms with Crippen LogP contribution in [0.4, 0.5) is 11.4 Å². The second-order valence-electron chi connectivity index (χ2n) is 7.02. The van der Waals surface area contributed by atoms with Gasteiger partial charge in [0.05, 0.1) is 0 Å². The fraction of sp³-hybridized carbons (Fsp3) is 0.261. The number of nitrogens with two attached hydrogens (primary N) is 1. The first-order valence-electron chi connectivity index (χ1n) is 9.64. The summed E-state index contributed by atoms with van der Waals surface area (Å²) in [6.45, 7) is 7.39. The van der Waals surface area contributed by atoms with Gasteiger partial charge in [-0.15, -0.1) is 0 Å². The first-order valence-corrected chi connectivity index (χ1v) is 9.64. The Bertz CT molecular complexity index is 957. The SMILES string of the molecule is C=C/C=c1/cc(-c2ccc(NC(C)=O)cc2)cc(NC2CCNCC2)/c1=C/N. The topological polar surface area (TPSA) is 79.2 Å². The van der Waals surface area contributed by atoms with Crippen molar-refractivity contribution in [1.29, 1.82) is 0 Å². The minimum absolute atomic E-state index is 0.0769. The predicted molar refractivity (Wildman–Crippen MR) is 118 cm³/mol. The third-order valence-electron chi connectivity index (χ3n) is 4.91. The highest BCUT2D eigenvalue weighted by molar-refractivity contribution is 5.89. The number of anilines is 2. The zero-order valence-corrected chi connectivity index (χ0v) is 16.3. The van der Waals surface area contributed by atoms with Gasteiger partial charge in [0.1, 0.15) is 0 Å². The van der Waals surface area contributed by atoms with Crippen molar-refractivity contribution in [2.75, 3.05) is 23.7 Å². The van der Waals surface area contributed by atoms with Gasteiger partial charge in [0, 0.05) is 35.8 Å². The molecule has 0 spiro atoms. The minimum atomic E-state index is -0.0769. The molecule has 5 nitrogen and oxygen atoms in total. The van der Waals surface area contributed by atoms with E-state index in [0.717, 1.165) is 58.9 Å². The largest absolute Gasteiger partial charge is 0.404 e. The lowest BCUT2D eigenvalue weighted by atomic mass is 10.0. The van der Waals surface area contributed by atoms with Gasteiger partial charge in [0.2, 0.25) is 5.91 Å². The van der Waals surface area contributed by atoms with Crippen LogP contribution in [0.5, 0.6) is 0 Å². The lowest BCUT2D eigenvalue weighted by Gasteiger charge is -2.25. The monoisotopic (exact) mass is 376 g/mol. The van der Waals surface area contributed by atoms with Crippen molar-refractivity contribution >= 4 is 29.6 Å². The second kappa shape index (κ2) is 9.24. The van der Waals surface area contributed by atoms with Crippen molar-refractivity contribution in [3.8, 4) is 11.1 Å². The van der Waals surface area contributed by atoms with E-state index in [2.05, 4.69) is 34.7 Å². The maximum atomic E-state index is 11.2. The molecule has 1 aliphatic heterocycles. The van der Waals surface area contributed by atoms with Crippen molar-refractivity contribution in [3.05, 3.63) is 59.5 Å². The Balaban J connectivity index is 2.02. The van der Waals surface area contributed by atoms with Crippen LogP contribution in [-0.2, 0) is 4.79 Å². The van der Waals surface area contributed by atoms with Crippen LogP contribution in [0.15, 0.2) is 49.1 Å². The van der Waals surface area contributed by atoms with E-state index < -0.39 is 0 Å². The second-order valence-corrected chi connectivity index (χ2v) is 7.02. The first kappa shape index (κ1) is 19.7. The average Bonchev–Trinajstić information content (AvgIpc) is 2.69. The van der Waals surface area contributed by atoms with Gasteiger partial charge < -0.3 is 21.7 Å². The summed E-state index contributed by atoms with van der Waals surface area (Å²) in [5, 5.41) is 11.9. The van der Waals surface area contributed by atoms with Gasteiger partial charge in [-0.3, -0.25) is 4.79 Å². The number of benzene rings is 2. The van der Waals surface area contributed by atoms with E-state index in [-0.39, 0.29) is 5.91 Å². The average molecular weight is 377 g/mol. The quantitative estimate of drug-likeness (QED) is 0.645. The van der Waals surface area contributed by atoms with Crippen LogP contribution in [0, 0.1) is 0 Å². The third kappa shape index (κ3) is 4.81. The van der Waals surface area contributed by atoms with Gasteiger partial charge >= 0.3 is 0 Å². The number of nitrogens with one attached hydrogen (secondary N) is 3. The molecular weight excluding hydrogens is 348 g/mol. The molecule has 5 heteroatoms. The van der Waals surface area contributed by atoms with Gasteiger partial charge in [0.15, 0.2) is 0 Å². The summed E-state index contributed by atoms with van der Waals surface area (Å²) in [5.41, 5.74) is 9.95. The van der Waals surface area contributed by atoms with Gasteiger partial charge in [0.25, 0.3) is 0 Å². The molecule has 2 aromatic carbocycles. The minimum Gasteiger partial charge on any atom is -0.404 e. The summed E-state index contributed by atoms with van der Waals surface area (Å²) in [6.07, 6.45) is 7.57. The number of carbonyl (C=O) groups is 1. The van der Waals surface area contributed by atoms with E-state index >= 15 is 0 Å². The number of rotatable bonds is 5. The lowest BCUT2D eigenvalue weighted by Crippen LogP contribution is -2.38. The first-order chi connectivity index (χ1) is 13.6. The Morgan fingerprint density at radius 1 is 1.18 bits per heavy atom. The fourth-order valence-corrected chi connectivity index (χ4v) is 3.55. The molecular formula is C23H28N4O. The van der Waals surface area contributed by atoms with Gasteiger partial charge in [-0.25, -0.2) is 0 Å². The maximum Gasteiger partial charge on any atom is 0.221 e. The number of hydrogen-bond donors (Lipinski definition) is 4. The molecule has 1 heterocycles. The molecule has 146 valence electrons. The molecule has 28 heavy (non-hydrogen) atoms. The number of allylic oxidation sites excluding steroid dienone is 1. The van der Waals surface area contributed by atoms with Crippen LogP contribution < -0.4 is 32.1 Å². The van der Waals surface area contributed by atoms with E-state index in [1.807, 2.05) is 30.3 Å². The van der Waals surface area contributed by atoms with Crippen LogP contribution in [0.1, 0.15) is 19.8 Å². The highest BCUT2D eigenvalue weighted by Gasteiger charge is 2.14. The molecule has 5 N–H and O–H groups in total. The Labute approximate surface area is 166 Å². The molecule has 0 aromatic heterocycles. The van der Waals surface area contributed by atoms with Crippen LogP contribution in [0.3, 0.4) is 0 Å². The van der Waals surface area contributed by atoms with Crippen LogP contribution >= 0.6 is 0 Å². The molecule has 1 amide bonds. The van der Waals surface area contributed by atoms with Crippen molar-refractivity contribution in [3.63, 3.8) is 0 Å². The Morgan fingerprint density at radius 2 is 1.89 bits per heavy atom. The molecule has 3 rings (SSSR count). The molecule has 1 saturated heterocycles. The molecule has 0 atom stereocenters. The Kier molecular flexibility index (Phi) is 6.50. The molecule has 0 unspecified atom stereocenters. The van der Waals surface area contributed by atoms with E-state index in [4.69, 9.17) is 5.73 Å². The standard InChI is InChI=1S/C23H28N4O/c1-3-4-18-13-19(17-5-7-20(8-6-17)26-16(2)28)14-23(22(18)15-24)27-21-9-11-25-12-10-21/h3-8,13-15,21,25,27H,1,9-12,24H2,2H3,(H,26,28)/b18-4-,22-15+. The lowest BCUT2D eigenvalue weighted by molar-refractivity contribution is -0.114. The van der Waals surface area contributed by atoms with E-state index in [9.17, 15) is 4.79 Å². The number of hydrogen-bond acceptors (Lipinski definition) is 4. The molecule has 0 saturated carbocycles. The molecule has 0 bridgehead atoms. The highest BCUT2D eigenvalue weighted by atomic mass is 16.1. The number of piperidine rings is 1. The number of amides is 1. The summed E-state index contributed by atoms with van der Waals surface area (Å²) in [4.78, 5) is 11.2. The number of carbonyl (C=O) groups excluding carboxylic acids is 1. The fourth-order valence-electron chi connectivity index (χ4n) is 3.55. The molecule has 0 radical (unpaired) electrons. The van der Waals surface area contributed by atoms with Gasteiger partial charge in [-0.1, -0.05) is 30.9 Å². The van der Waals surface area contributed by atoms with E-state index in [1.54, 1.807) is 12.3 Å².